The van der Waals surface area contributed by atoms with Gasteiger partial charge < -0.3 is 26.4 Å². The number of nitrogens with zero attached hydrogens (tertiary/aromatic N) is 3. The largest absolute Gasteiger partial charge is 0.433 e. The Kier molecular flexibility index (Phi) is 7.98. The molecule has 34 heavy (non-hydrogen) atoms. The Morgan fingerprint density at radius 1 is 1.29 bits per heavy atom. The SMILES string of the molecule is CN=C(C(=CN)c1ccc(N=C(N)C2=C(NC3CCOC3)CCN(C(C)=O)C2)cc1)C(F)(F)F. The van der Waals surface area contributed by atoms with Crippen LogP contribution >= 0.6 is 0 Å². The first-order valence-corrected chi connectivity index (χ1v) is 10.9. The van der Waals surface area contributed by atoms with Gasteiger partial charge in [0.2, 0.25) is 5.91 Å². The number of amidine groups is 1. The Hall–Kier alpha value is -3.34. The molecule has 0 aliphatic carbocycles. The van der Waals surface area contributed by atoms with Crippen LogP contribution in [0.15, 0.2) is 51.7 Å². The predicted octanol–water partition coefficient (Wildman–Crippen LogP) is 2.49. The van der Waals surface area contributed by atoms with Gasteiger partial charge in [-0.25, -0.2) is 4.99 Å². The summed E-state index contributed by atoms with van der Waals surface area (Å²) >= 11 is 0. The van der Waals surface area contributed by atoms with Gasteiger partial charge in [0.05, 0.1) is 24.9 Å². The highest BCUT2D eigenvalue weighted by atomic mass is 19.4. The summed E-state index contributed by atoms with van der Waals surface area (Å²) in [7, 11) is 1.07. The van der Waals surface area contributed by atoms with Gasteiger partial charge in [0.25, 0.3) is 0 Å². The monoisotopic (exact) mass is 478 g/mol. The number of allylic oxidation sites excluding steroid dienone is 1. The maximum Gasteiger partial charge on any atom is 0.433 e. The number of alkyl halides is 3. The summed E-state index contributed by atoms with van der Waals surface area (Å²) in [5.41, 5.74) is 12.9. The molecule has 184 valence electrons. The normalized spacial score (nSPS) is 20.7. The van der Waals surface area contributed by atoms with Gasteiger partial charge in [-0.05, 0) is 24.1 Å². The highest BCUT2D eigenvalue weighted by Crippen LogP contribution is 2.29. The quantitative estimate of drug-likeness (QED) is 0.429. The highest BCUT2D eigenvalue weighted by molar-refractivity contribution is 6.26. The number of rotatable bonds is 6. The van der Waals surface area contributed by atoms with Gasteiger partial charge in [-0.3, -0.25) is 9.79 Å². The molecule has 3 rings (SSSR count). The third-order valence-electron chi connectivity index (χ3n) is 5.75. The first kappa shape index (κ1) is 25.3. The van der Waals surface area contributed by atoms with Crippen LogP contribution in [0.1, 0.15) is 25.3 Å². The maximum absolute atomic E-state index is 13.3. The number of hydrogen-bond donors (Lipinski definition) is 3. The van der Waals surface area contributed by atoms with Crippen LogP contribution in [0.5, 0.6) is 0 Å². The fourth-order valence-corrected chi connectivity index (χ4v) is 3.96. The number of ether oxygens (including phenoxy) is 1. The van der Waals surface area contributed by atoms with Crippen LogP contribution in [0, 0.1) is 0 Å². The number of carbonyl (C=O) groups excluding carboxylic acids is 1. The van der Waals surface area contributed by atoms with E-state index in [1.165, 1.54) is 19.1 Å². The van der Waals surface area contributed by atoms with Crippen molar-refractivity contribution in [1.29, 1.82) is 0 Å². The van der Waals surface area contributed by atoms with Crippen molar-refractivity contribution in [2.45, 2.75) is 32.0 Å². The molecule has 8 nitrogen and oxygen atoms in total. The molecule has 0 aromatic heterocycles. The van der Waals surface area contributed by atoms with E-state index >= 15 is 0 Å². The first-order valence-electron chi connectivity index (χ1n) is 10.9. The summed E-state index contributed by atoms with van der Waals surface area (Å²) in [5, 5.41) is 3.47. The van der Waals surface area contributed by atoms with Crippen molar-refractivity contribution in [2.24, 2.45) is 21.5 Å². The summed E-state index contributed by atoms with van der Waals surface area (Å²) in [6.45, 7) is 3.69. The third kappa shape index (κ3) is 5.96. The zero-order valence-electron chi connectivity index (χ0n) is 19.2. The van der Waals surface area contributed by atoms with Gasteiger partial charge in [-0.15, -0.1) is 0 Å². The Balaban J connectivity index is 1.88. The van der Waals surface area contributed by atoms with Gasteiger partial charge in [0.15, 0.2) is 0 Å². The lowest BCUT2D eigenvalue weighted by atomic mass is 10.0. The molecule has 2 heterocycles. The second kappa shape index (κ2) is 10.7. The second-order valence-corrected chi connectivity index (χ2v) is 8.05. The summed E-state index contributed by atoms with van der Waals surface area (Å²) in [4.78, 5) is 21.4. The minimum Gasteiger partial charge on any atom is -0.404 e. The molecule has 1 unspecified atom stereocenters. The van der Waals surface area contributed by atoms with E-state index in [4.69, 9.17) is 16.2 Å². The Labute approximate surface area is 196 Å². The maximum atomic E-state index is 13.3. The fraction of sp³-hybridized carbons (Fsp3) is 0.435. The van der Waals surface area contributed by atoms with Gasteiger partial charge >= 0.3 is 6.18 Å². The highest BCUT2D eigenvalue weighted by Gasteiger charge is 2.38. The van der Waals surface area contributed by atoms with Crippen LogP contribution in [0.4, 0.5) is 18.9 Å². The molecule has 1 atom stereocenters. The molecule has 0 saturated carbocycles. The average Bonchev–Trinajstić information content (AvgIpc) is 3.30. The molecule has 0 radical (unpaired) electrons. The predicted molar refractivity (Wildman–Crippen MR) is 126 cm³/mol. The second-order valence-electron chi connectivity index (χ2n) is 8.05. The fourth-order valence-electron chi connectivity index (χ4n) is 3.96. The number of halogens is 3. The topological polar surface area (TPSA) is 118 Å². The lowest BCUT2D eigenvalue weighted by molar-refractivity contribution is -0.128. The number of benzene rings is 1. The van der Waals surface area contributed by atoms with Gasteiger partial charge in [0, 0.05) is 56.6 Å². The number of hydrogen-bond acceptors (Lipinski definition) is 6. The van der Waals surface area contributed by atoms with E-state index in [-0.39, 0.29) is 28.9 Å². The molecule has 11 heteroatoms. The summed E-state index contributed by atoms with van der Waals surface area (Å²) in [5.74, 6) is 0.179. The standard InChI is InChI=1S/C23H29F3N6O2/c1-14(33)32-9-7-20(30-17-8-10-34-13-17)19(12-32)22(28)31-16-5-3-15(4-6-16)18(11-27)21(29-2)23(24,25)26/h3-6,11,17,30H,7-10,12-13,27H2,1-2H3,(H2,28,31). The smallest absolute Gasteiger partial charge is 0.404 e. The van der Waals surface area contributed by atoms with E-state index in [9.17, 15) is 18.0 Å². The number of aliphatic imine (C=N–C) groups is 2. The van der Waals surface area contributed by atoms with Crippen molar-refractivity contribution in [3.63, 3.8) is 0 Å². The molecule has 0 bridgehead atoms. The average molecular weight is 479 g/mol. The molecule has 5 N–H and O–H groups in total. The van der Waals surface area contributed by atoms with Crippen LogP contribution < -0.4 is 16.8 Å². The molecule has 1 fully saturated rings. The van der Waals surface area contributed by atoms with Crippen molar-refractivity contribution in [1.82, 2.24) is 10.2 Å². The molecular weight excluding hydrogens is 449 g/mol. The number of nitrogens with one attached hydrogen (secondary N) is 1. The van der Waals surface area contributed by atoms with Crippen LogP contribution in [-0.2, 0) is 9.53 Å². The van der Waals surface area contributed by atoms with E-state index in [1.54, 1.807) is 17.0 Å². The van der Waals surface area contributed by atoms with Crippen molar-refractivity contribution in [3.8, 4) is 0 Å². The minimum atomic E-state index is -4.63. The minimum absolute atomic E-state index is 0.0583. The van der Waals surface area contributed by atoms with Crippen molar-refractivity contribution in [3.05, 3.63) is 47.3 Å². The molecule has 2 aliphatic heterocycles. The van der Waals surface area contributed by atoms with Crippen LogP contribution in [0.2, 0.25) is 0 Å². The van der Waals surface area contributed by atoms with E-state index in [2.05, 4.69) is 15.3 Å². The molecule has 1 aromatic rings. The molecule has 1 saturated heterocycles. The third-order valence-corrected chi connectivity index (χ3v) is 5.75. The zero-order chi connectivity index (χ0) is 24.9. The number of amides is 1. The van der Waals surface area contributed by atoms with Crippen molar-refractivity contribution < 1.29 is 22.7 Å². The first-order chi connectivity index (χ1) is 16.1. The molecule has 2 aliphatic rings. The lowest BCUT2D eigenvalue weighted by Crippen LogP contribution is -2.43. The summed E-state index contributed by atoms with van der Waals surface area (Å²) in [6, 6.07) is 6.24. The van der Waals surface area contributed by atoms with Crippen LogP contribution in [0.3, 0.4) is 0 Å². The molecular formula is C23H29F3N6O2. The molecule has 0 spiro atoms. The van der Waals surface area contributed by atoms with Gasteiger partial charge in [0.1, 0.15) is 11.5 Å². The summed E-state index contributed by atoms with van der Waals surface area (Å²) < 4.78 is 45.2. The lowest BCUT2D eigenvalue weighted by Gasteiger charge is -2.31. The Bertz CT molecular complexity index is 1020. The van der Waals surface area contributed by atoms with Crippen molar-refractivity contribution >= 4 is 28.7 Å². The van der Waals surface area contributed by atoms with Crippen LogP contribution in [-0.4, -0.2) is 67.9 Å². The van der Waals surface area contributed by atoms with E-state index in [0.717, 1.165) is 30.9 Å². The van der Waals surface area contributed by atoms with Crippen molar-refractivity contribution in [2.75, 3.05) is 33.4 Å². The Morgan fingerprint density at radius 2 is 2.00 bits per heavy atom. The number of carbonyl (C=O) groups is 1. The number of nitrogens with two attached hydrogens (primary N) is 2. The zero-order valence-corrected chi connectivity index (χ0v) is 19.2. The van der Waals surface area contributed by atoms with Gasteiger partial charge in [-0.1, -0.05) is 12.1 Å². The molecule has 1 aromatic carbocycles. The van der Waals surface area contributed by atoms with E-state index in [1.807, 2.05) is 0 Å². The van der Waals surface area contributed by atoms with Crippen LogP contribution in [0.25, 0.3) is 5.57 Å². The van der Waals surface area contributed by atoms with E-state index in [0.29, 0.717) is 38.4 Å². The molecule has 1 amide bonds. The van der Waals surface area contributed by atoms with E-state index < -0.39 is 11.9 Å². The van der Waals surface area contributed by atoms with Gasteiger partial charge in [-0.2, -0.15) is 13.2 Å². The summed E-state index contributed by atoms with van der Waals surface area (Å²) in [6.07, 6.45) is -2.26. The Morgan fingerprint density at radius 3 is 2.53 bits per heavy atom.